The molecule has 140 valence electrons. The van der Waals surface area contributed by atoms with Crippen LogP contribution in [0.15, 0.2) is 41.3 Å². The molecule has 0 heterocycles. The van der Waals surface area contributed by atoms with E-state index in [-0.39, 0.29) is 17.0 Å². The first-order valence-corrected chi connectivity index (χ1v) is 10.6. The Morgan fingerprint density at radius 1 is 1.31 bits per heavy atom. The maximum Gasteiger partial charge on any atom is 0.335 e. The Bertz CT molecular complexity index is 899. The molecule has 0 aliphatic carbocycles. The van der Waals surface area contributed by atoms with E-state index in [0.29, 0.717) is 27.7 Å². The van der Waals surface area contributed by atoms with Gasteiger partial charge in [0, 0.05) is 28.6 Å². The molecule has 0 spiro atoms. The predicted octanol–water partition coefficient (Wildman–Crippen LogP) is 3.70. The third-order valence-electron chi connectivity index (χ3n) is 3.60. The van der Waals surface area contributed by atoms with Crippen molar-refractivity contribution in [2.45, 2.75) is 17.6 Å². The lowest BCUT2D eigenvalue weighted by Crippen LogP contribution is -2.26. The smallest absolute Gasteiger partial charge is 0.335 e. The van der Waals surface area contributed by atoms with Crippen LogP contribution in [0.5, 0.6) is 0 Å². The van der Waals surface area contributed by atoms with E-state index in [1.807, 2.05) is 0 Å². The molecule has 26 heavy (non-hydrogen) atoms. The number of hydrogen-bond donors (Lipinski definition) is 2. The molecule has 0 aromatic heterocycles. The van der Waals surface area contributed by atoms with E-state index in [9.17, 15) is 17.6 Å². The van der Waals surface area contributed by atoms with Crippen molar-refractivity contribution in [3.8, 4) is 0 Å². The molecule has 0 aliphatic heterocycles. The summed E-state index contributed by atoms with van der Waals surface area (Å²) in [7, 11) is -3.82. The quantitative estimate of drug-likeness (QED) is 0.640. The fourth-order valence-electron chi connectivity index (χ4n) is 2.17. The van der Waals surface area contributed by atoms with Crippen LogP contribution in [-0.2, 0) is 15.8 Å². The second-order valence-electron chi connectivity index (χ2n) is 5.43. The predicted molar refractivity (Wildman–Crippen MR) is 101 cm³/mol. The lowest BCUT2D eigenvalue weighted by atomic mass is 10.1. The number of aryl methyl sites for hydroxylation is 1. The van der Waals surface area contributed by atoms with E-state index in [1.165, 1.54) is 36.0 Å². The average Bonchev–Trinajstić information content (AvgIpc) is 2.56. The molecule has 0 radical (unpaired) electrons. The molecular weight excluding hydrogens is 401 g/mol. The van der Waals surface area contributed by atoms with Gasteiger partial charge >= 0.3 is 5.97 Å². The zero-order chi connectivity index (χ0) is 19.3. The summed E-state index contributed by atoms with van der Waals surface area (Å²) in [5.74, 6) is -0.856. The van der Waals surface area contributed by atoms with Gasteiger partial charge in [0.2, 0.25) is 10.0 Å². The Morgan fingerprint density at radius 3 is 2.69 bits per heavy atom. The van der Waals surface area contributed by atoms with Crippen molar-refractivity contribution in [2.24, 2.45) is 0 Å². The van der Waals surface area contributed by atoms with Gasteiger partial charge in [0.25, 0.3) is 0 Å². The molecule has 0 atom stereocenters. The molecule has 2 N–H and O–H groups in total. The number of halogens is 2. The van der Waals surface area contributed by atoms with Gasteiger partial charge < -0.3 is 5.11 Å². The molecular formula is C17H17ClFNO4S2. The van der Waals surface area contributed by atoms with Crippen molar-refractivity contribution in [1.82, 2.24) is 4.72 Å². The van der Waals surface area contributed by atoms with Crippen molar-refractivity contribution in [1.29, 1.82) is 0 Å². The molecule has 5 nitrogen and oxygen atoms in total. The van der Waals surface area contributed by atoms with Gasteiger partial charge in [-0.2, -0.15) is 11.8 Å². The van der Waals surface area contributed by atoms with Crippen molar-refractivity contribution in [3.05, 3.63) is 63.9 Å². The van der Waals surface area contributed by atoms with Crippen LogP contribution in [0.2, 0.25) is 5.02 Å². The number of sulfonamides is 1. The monoisotopic (exact) mass is 417 g/mol. The number of aromatic carboxylic acids is 1. The number of carboxylic acid groups (broad SMARTS) is 1. The summed E-state index contributed by atoms with van der Waals surface area (Å²) in [5.41, 5.74) is 0.803. The normalized spacial score (nSPS) is 11.5. The van der Waals surface area contributed by atoms with Crippen molar-refractivity contribution >= 4 is 39.4 Å². The lowest BCUT2D eigenvalue weighted by Gasteiger charge is -2.09. The minimum atomic E-state index is -3.82. The van der Waals surface area contributed by atoms with Crippen LogP contribution in [0.3, 0.4) is 0 Å². The van der Waals surface area contributed by atoms with Crippen LogP contribution in [0, 0.1) is 12.7 Å². The summed E-state index contributed by atoms with van der Waals surface area (Å²) < 4.78 is 40.6. The molecule has 0 saturated heterocycles. The number of benzene rings is 2. The van der Waals surface area contributed by atoms with Gasteiger partial charge in [0.15, 0.2) is 0 Å². The number of carboxylic acids is 1. The Labute approximate surface area is 160 Å². The minimum absolute atomic E-state index is 0.0588. The summed E-state index contributed by atoms with van der Waals surface area (Å²) >= 11 is 7.27. The maximum absolute atomic E-state index is 13.6. The first kappa shape index (κ1) is 20.7. The standard InChI is InChI=1S/C17H17ClFNO4S2/c1-11-5-6-12(9-13(11)17(21)22)26(23,24)20-7-8-25-10-14-15(18)3-2-4-16(14)19/h2-6,9,20H,7-8,10H2,1H3,(H,21,22). The molecule has 0 fully saturated rings. The number of rotatable bonds is 8. The molecule has 2 aromatic rings. The highest BCUT2D eigenvalue weighted by molar-refractivity contribution is 7.98. The summed E-state index contributed by atoms with van der Waals surface area (Å²) in [5, 5.41) is 9.43. The van der Waals surface area contributed by atoms with E-state index in [2.05, 4.69) is 4.72 Å². The summed E-state index contributed by atoms with van der Waals surface area (Å²) in [6.07, 6.45) is 0. The highest BCUT2D eigenvalue weighted by Crippen LogP contribution is 2.23. The highest BCUT2D eigenvalue weighted by atomic mass is 35.5. The van der Waals surface area contributed by atoms with Crippen LogP contribution in [0.25, 0.3) is 0 Å². The topological polar surface area (TPSA) is 83.5 Å². The first-order chi connectivity index (χ1) is 12.2. The van der Waals surface area contributed by atoms with E-state index < -0.39 is 21.8 Å². The Morgan fingerprint density at radius 2 is 2.04 bits per heavy atom. The fraction of sp³-hybridized carbons (Fsp3) is 0.235. The molecule has 2 aromatic carbocycles. The molecule has 0 unspecified atom stereocenters. The van der Waals surface area contributed by atoms with Gasteiger partial charge in [-0.3, -0.25) is 0 Å². The summed E-state index contributed by atoms with van der Waals surface area (Å²) in [4.78, 5) is 11.0. The summed E-state index contributed by atoms with van der Waals surface area (Å²) in [6, 6.07) is 8.38. The second kappa shape index (κ2) is 8.85. The van der Waals surface area contributed by atoms with Gasteiger partial charge in [-0.25, -0.2) is 22.3 Å². The van der Waals surface area contributed by atoms with E-state index >= 15 is 0 Å². The number of thioether (sulfide) groups is 1. The van der Waals surface area contributed by atoms with Gasteiger partial charge in [-0.05, 0) is 36.8 Å². The van der Waals surface area contributed by atoms with Crippen LogP contribution in [-0.4, -0.2) is 31.8 Å². The molecule has 0 aliphatic rings. The molecule has 0 bridgehead atoms. The van der Waals surface area contributed by atoms with Crippen molar-refractivity contribution < 1.29 is 22.7 Å². The molecule has 9 heteroatoms. The van der Waals surface area contributed by atoms with Crippen LogP contribution < -0.4 is 4.72 Å². The largest absolute Gasteiger partial charge is 0.478 e. The van der Waals surface area contributed by atoms with E-state index in [4.69, 9.17) is 16.7 Å². The molecule has 2 rings (SSSR count). The van der Waals surface area contributed by atoms with Gasteiger partial charge in [0.1, 0.15) is 5.82 Å². The molecule has 0 saturated carbocycles. The van der Waals surface area contributed by atoms with Gasteiger partial charge in [-0.1, -0.05) is 23.7 Å². The maximum atomic E-state index is 13.6. The lowest BCUT2D eigenvalue weighted by molar-refractivity contribution is 0.0696. The summed E-state index contributed by atoms with van der Waals surface area (Å²) in [6.45, 7) is 1.72. The second-order valence-corrected chi connectivity index (χ2v) is 8.71. The first-order valence-electron chi connectivity index (χ1n) is 7.56. The third kappa shape index (κ3) is 5.20. The number of nitrogens with one attached hydrogen (secondary N) is 1. The SMILES string of the molecule is Cc1ccc(S(=O)(=O)NCCSCc2c(F)cccc2Cl)cc1C(=O)O. The van der Waals surface area contributed by atoms with Gasteiger partial charge in [-0.15, -0.1) is 0 Å². The number of hydrogen-bond acceptors (Lipinski definition) is 4. The van der Waals surface area contributed by atoms with Gasteiger partial charge in [0.05, 0.1) is 10.5 Å². The third-order valence-corrected chi connectivity index (χ3v) is 6.39. The Balaban J connectivity index is 1.93. The van der Waals surface area contributed by atoms with E-state index in [0.717, 1.165) is 6.07 Å². The minimum Gasteiger partial charge on any atom is -0.478 e. The van der Waals surface area contributed by atoms with Crippen LogP contribution in [0.4, 0.5) is 4.39 Å². The van der Waals surface area contributed by atoms with E-state index in [1.54, 1.807) is 13.0 Å². The number of carbonyl (C=O) groups is 1. The highest BCUT2D eigenvalue weighted by Gasteiger charge is 2.17. The zero-order valence-corrected chi connectivity index (χ0v) is 16.2. The van der Waals surface area contributed by atoms with Crippen molar-refractivity contribution in [3.63, 3.8) is 0 Å². The van der Waals surface area contributed by atoms with Crippen LogP contribution >= 0.6 is 23.4 Å². The van der Waals surface area contributed by atoms with Crippen molar-refractivity contribution in [2.75, 3.05) is 12.3 Å². The fourth-order valence-corrected chi connectivity index (χ4v) is 4.56. The van der Waals surface area contributed by atoms with Crippen LogP contribution in [0.1, 0.15) is 21.5 Å². The Hall–Kier alpha value is -1.61. The average molecular weight is 418 g/mol. The Kier molecular flexibility index (Phi) is 7.05. The molecule has 0 amide bonds. The zero-order valence-electron chi connectivity index (χ0n) is 13.8.